The summed E-state index contributed by atoms with van der Waals surface area (Å²) >= 11 is 0. The van der Waals surface area contributed by atoms with Crippen LogP contribution in [0, 0.1) is 22.0 Å². The zero-order valence-electron chi connectivity index (χ0n) is 14.8. The molecule has 2 aromatic rings. The number of carboxylic acids is 1. The van der Waals surface area contributed by atoms with Gasteiger partial charge in [0.15, 0.2) is 0 Å². The average molecular weight is 384 g/mol. The summed E-state index contributed by atoms with van der Waals surface area (Å²) in [4.78, 5) is 22.7. The molecule has 2 aromatic carbocycles. The van der Waals surface area contributed by atoms with Gasteiger partial charge in [0.25, 0.3) is 5.69 Å². The minimum Gasteiger partial charge on any atom is -0.508 e. The lowest BCUT2D eigenvalue weighted by Crippen LogP contribution is -2.53. The summed E-state index contributed by atoms with van der Waals surface area (Å²) in [6.45, 7) is 0. The van der Waals surface area contributed by atoms with Gasteiger partial charge in [0, 0.05) is 24.1 Å². The van der Waals surface area contributed by atoms with Gasteiger partial charge in [-0.1, -0.05) is 24.3 Å². The maximum Gasteiger partial charge on any atom is 0.307 e. The van der Waals surface area contributed by atoms with E-state index in [1.807, 2.05) is 0 Å². The molecule has 0 amide bonds. The number of hydrogen-bond acceptors (Lipinski definition) is 7. The largest absolute Gasteiger partial charge is 0.508 e. The highest BCUT2D eigenvalue weighted by molar-refractivity contribution is 5.71. The molecule has 2 aliphatic rings. The number of nitrogens with one attached hydrogen (secondary N) is 3. The average Bonchev–Trinajstić information content (AvgIpc) is 3.11. The monoisotopic (exact) mass is 384 g/mol. The molecule has 0 radical (unpaired) electrons. The Hall–Kier alpha value is -3.01. The van der Waals surface area contributed by atoms with Crippen LogP contribution in [0.15, 0.2) is 48.5 Å². The normalized spacial score (nSPS) is 29.2. The molecule has 0 saturated carbocycles. The highest BCUT2D eigenvalue weighted by Gasteiger charge is 2.49. The van der Waals surface area contributed by atoms with Gasteiger partial charge in [-0.2, -0.15) is 0 Å². The molecule has 5 N–H and O–H groups in total. The van der Waals surface area contributed by atoms with Crippen molar-refractivity contribution >= 4 is 11.7 Å². The first-order valence-electron chi connectivity index (χ1n) is 8.97. The summed E-state index contributed by atoms with van der Waals surface area (Å²) in [6, 6.07) is 12.4. The number of piperidine rings is 1. The minimum atomic E-state index is -0.902. The van der Waals surface area contributed by atoms with Crippen LogP contribution in [0.25, 0.3) is 0 Å². The molecule has 4 rings (SSSR count). The van der Waals surface area contributed by atoms with Gasteiger partial charge < -0.3 is 10.2 Å². The van der Waals surface area contributed by atoms with Crippen molar-refractivity contribution in [3.05, 3.63) is 69.8 Å². The zero-order valence-corrected chi connectivity index (χ0v) is 14.8. The SMILES string of the molecule is O=C(O)C1CC(c2ccc(O)cc2)NC2NNC(c3cccc([N+](=O)[O-])c3)C21. The second kappa shape index (κ2) is 7.19. The summed E-state index contributed by atoms with van der Waals surface area (Å²) in [5, 5.41) is 33.9. The summed E-state index contributed by atoms with van der Waals surface area (Å²) in [5.41, 5.74) is 7.75. The molecular weight excluding hydrogens is 364 g/mol. The number of fused-ring (bicyclic) bond motifs is 1. The number of nitrogens with zero attached hydrogens (tertiary/aromatic N) is 1. The third-order valence-corrected chi connectivity index (χ3v) is 5.55. The van der Waals surface area contributed by atoms with E-state index in [0.29, 0.717) is 12.0 Å². The van der Waals surface area contributed by atoms with E-state index in [1.165, 1.54) is 12.1 Å². The molecule has 0 spiro atoms. The van der Waals surface area contributed by atoms with E-state index in [4.69, 9.17) is 0 Å². The van der Waals surface area contributed by atoms with E-state index in [0.717, 1.165) is 5.56 Å². The number of benzene rings is 2. The van der Waals surface area contributed by atoms with Crippen molar-refractivity contribution in [2.24, 2.45) is 11.8 Å². The number of phenols is 1. The molecule has 28 heavy (non-hydrogen) atoms. The number of nitro benzene ring substituents is 1. The first kappa shape index (κ1) is 18.4. The van der Waals surface area contributed by atoms with Crippen LogP contribution in [0.4, 0.5) is 5.69 Å². The summed E-state index contributed by atoms with van der Waals surface area (Å²) in [5.74, 6) is -1.73. The van der Waals surface area contributed by atoms with E-state index < -0.39 is 16.8 Å². The molecule has 146 valence electrons. The maximum atomic E-state index is 12.0. The Balaban J connectivity index is 1.63. The van der Waals surface area contributed by atoms with E-state index in [-0.39, 0.29) is 35.6 Å². The highest BCUT2D eigenvalue weighted by atomic mass is 16.6. The first-order valence-corrected chi connectivity index (χ1v) is 8.97. The number of nitro groups is 1. The molecule has 2 heterocycles. The van der Waals surface area contributed by atoms with E-state index >= 15 is 0 Å². The number of phenolic OH excluding ortho intramolecular Hbond substituents is 1. The van der Waals surface area contributed by atoms with Gasteiger partial charge >= 0.3 is 5.97 Å². The Labute approximate surface area is 160 Å². The standard InChI is InChI=1S/C19H20N4O5/c24-13-6-4-10(5-7-13)15-9-14(19(25)26)16-17(21-22-18(16)20-15)11-2-1-3-12(8-11)23(27)28/h1-8,14-18,20-22,24H,9H2,(H,25,26). The number of carbonyl (C=O) groups is 1. The molecule has 9 heteroatoms. The number of hydrazine groups is 1. The van der Waals surface area contributed by atoms with Gasteiger partial charge in [-0.25, -0.2) is 10.9 Å². The third kappa shape index (κ3) is 3.31. The molecular formula is C19H20N4O5. The van der Waals surface area contributed by atoms with Gasteiger partial charge in [0.1, 0.15) is 5.75 Å². The Morgan fingerprint density at radius 1 is 1.11 bits per heavy atom. The van der Waals surface area contributed by atoms with Crippen LogP contribution in [0.1, 0.15) is 29.6 Å². The highest BCUT2D eigenvalue weighted by Crippen LogP contribution is 2.42. The van der Waals surface area contributed by atoms with E-state index in [9.17, 15) is 25.1 Å². The fourth-order valence-electron chi connectivity index (χ4n) is 4.22. The Kier molecular flexibility index (Phi) is 4.71. The van der Waals surface area contributed by atoms with Crippen molar-refractivity contribution in [3.63, 3.8) is 0 Å². The number of non-ortho nitro benzene ring substituents is 1. The summed E-state index contributed by atoms with van der Waals surface area (Å²) < 4.78 is 0. The molecule has 5 atom stereocenters. The molecule has 0 aliphatic carbocycles. The van der Waals surface area contributed by atoms with Crippen LogP contribution in [0.3, 0.4) is 0 Å². The van der Waals surface area contributed by atoms with Crippen LogP contribution in [0.5, 0.6) is 5.75 Å². The lowest BCUT2D eigenvalue weighted by Gasteiger charge is -2.39. The molecule has 2 fully saturated rings. The number of hydrogen-bond donors (Lipinski definition) is 5. The number of rotatable bonds is 4. The van der Waals surface area contributed by atoms with Crippen molar-refractivity contribution < 1.29 is 19.9 Å². The summed E-state index contributed by atoms with van der Waals surface area (Å²) in [7, 11) is 0. The first-order chi connectivity index (χ1) is 13.4. The molecule has 0 aromatic heterocycles. The van der Waals surface area contributed by atoms with Crippen LogP contribution in [-0.4, -0.2) is 27.3 Å². The molecule has 2 aliphatic heterocycles. The quantitative estimate of drug-likeness (QED) is 0.398. The van der Waals surface area contributed by atoms with Gasteiger partial charge in [-0.15, -0.1) is 0 Å². The molecule has 9 nitrogen and oxygen atoms in total. The maximum absolute atomic E-state index is 12.0. The Bertz CT molecular complexity index is 903. The fourth-order valence-corrected chi connectivity index (χ4v) is 4.22. The molecule has 5 unspecified atom stereocenters. The van der Waals surface area contributed by atoms with E-state index in [2.05, 4.69) is 16.2 Å². The van der Waals surface area contributed by atoms with Crippen molar-refractivity contribution in [2.75, 3.05) is 0 Å². The topological polar surface area (TPSA) is 137 Å². The van der Waals surface area contributed by atoms with Gasteiger partial charge in [-0.3, -0.25) is 20.2 Å². The number of aliphatic carboxylic acids is 1. The van der Waals surface area contributed by atoms with Crippen molar-refractivity contribution in [1.29, 1.82) is 0 Å². The Morgan fingerprint density at radius 2 is 1.86 bits per heavy atom. The third-order valence-electron chi connectivity index (χ3n) is 5.55. The van der Waals surface area contributed by atoms with E-state index in [1.54, 1.807) is 36.4 Å². The predicted octanol–water partition coefficient (Wildman–Crippen LogP) is 1.83. The Morgan fingerprint density at radius 3 is 2.54 bits per heavy atom. The second-order valence-electron chi connectivity index (χ2n) is 7.16. The molecule has 0 bridgehead atoms. The van der Waals surface area contributed by atoms with Crippen LogP contribution >= 0.6 is 0 Å². The fraction of sp³-hybridized carbons (Fsp3) is 0.316. The molecule has 2 saturated heterocycles. The minimum absolute atomic E-state index is 0.0274. The van der Waals surface area contributed by atoms with Crippen LogP contribution in [-0.2, 0) is 4.79 Å². The van der Waals surface area contributed by atoms with Gasteiger partial charge in [0.05, 0.1) is 23.0 Å². The van der Waals surface area contributed by atoms with Crippen LogP contribution < -0.4 is 16.2 Å². The predicted molar refractivity (Wildman–Crippen MR) is 99.1 cm³/mol. The lowest BCUT2D eigenvalue weighted by molar-refractivity contribution is -0.384. The number of carboxylic acid groups (broad SMARTS) is 1. The number of aromatic hydroxyl groups is 1. The van der Waals surface area contributed by atoms with Gasteiger partial charge in [-0.05, 0) is 29.7 Å². The zero-order chi connectivity index (χ0) is 19.8. The van der Waals surface area contributed by atoms with Crippen molar-refractivity contribution in [3.8, 4) is 5.75 Å². The van der Waals surface area contributed by atoms with Crippen molar-refractivity contribution in [2.45, 2.75) is 24.7 Å². The van der Waals surface area contributed by atoms with Gasteiger partial charge in [0.2, 0.25) is 0 Å². The second-order valence-corrected chi connectivity index (χ2v) is 7.16. The lowest BCUT2D eigenvalue weighted by atomic mass is 9.75. The van der Waals surface area contributed by atoms with Crippen molar-refractivity contribution in [1.82, 2.24) is 16.2 Å². The smallest absolute Gasteiger partial charge is 0.307 e. The van der Waals surface area contributed by atoms with Crippen LogP contribution in [0.2, 0.25) is 0 Å². The summed E-state index contributed by atoms with van der Waals surface area (Å²) in [6.07, 6.45) is 0.0497.